The standard InChI is InChI=1S/C8H5ClN2O.C7H6ClNO/c1-10-5-7(12)6-3-2-4-11-8(6)9;1-5(10)6-3-2-4-9-7(6)8/h2-4H,5H2;2-4H,1H3. The first-order valence-electron chi connectivity index (χ1n) is 6.05. The van der Waals surface area contributed by atoms with E-state index >= 15 is 0 Å². The van der Waals surface area contributed by atoms with E-state index < -0.39 is 0 Å². The van der Waals surface area contributed by atoms with Gasteiger partial charge in [0.05, 0.1) is 11.1 Å². The third kappa shape index (κ3) is 5.24. The molecule has 7 heteroatoms. The van der Waals surface area contributed by atoms with E-state index in [9.17, 15) is 9.59 Å². The number of rotatable bonds is 3. The lowest BCUT2D eigenvalue weighted by Crippen LogP contribution is -2.03. The number of carbonyl (C=O) groups is 2. The highest BCUT2D eigenvalue weighted by Crippen LogP contribution is 2.12. The molecular formula is C15H11Cl2N3O2. The van der Waals surface area contributed by atoms with Crippen molar-refractivity contribution >= 4 is 34.8 Å². The van der Waals surface area contributed by atoms with E-state index in [4.69, 9.17) is 29.8 Å². The van der Waals surface area contributed by atoms with Gasteiger partial charge in [0.1, 0.15) is 10.3 Å². The monoisotopic (exact) mass is 335 g/mol. The SMILES string of the molecule is CC(=O)c1cccnc1Cl.[C-]#[N+]CC(=O)c1cccnc1Cl. The molecule has 0 aromatic carbocycles. The van der Waals surface area contributed by atoms with Gasteiger partial charge in [-0.05, 0) is 31.2 Å². The first-order valence-corrected chi connectivity index (χ1v) is 6.81. The van der Waals surface area contributed by atoms with E-state index in [0.717, 1.165) is 0 Å². The zero-order valence-electron chi connectivity index (χ0n) is 11.6. The van der Waals surface area contributed by atoms with Crippen LogP contribution in [0.15, 0.2) is 36.7 Å². The van der Waals surface area contributed by atoms with Crippen LogP contribution in [0.3, 0.4) is 0 Å². The van der Waals surface area contributed by atoms with Crippen molar-refractivity contribution in [3.05, 3.63) is 69.5 Å². The molecule has 0 fully saturated rings. The lowest BCUT2D eigenvalue weighted by atomic mass is 10.2. The highest BCUT2D eigenvalue weighted by atomic mass is 35.5. The van der Waals surface area contributed by atoms with Crippen LogP contribution in [0.5, 0.6) is 0 Å². The predicted molar refractivity (Wildman–Crippen MR) is 84.3 cm³/mol. The summed E-state index contributed by atoms with van der Waals surface area (Å²) in [6, 6.07) is 6.51. The molecule has 2 rings (SSSR count). The summed E-state index contributed by atoms with van der Waals surface area (Å²) in [7, 11) is 0. The van der Waals surface area contributed by atoms with Crippen molar-refractivity contribution in [1.29, 1.82) is 0 Å². The van der Waals surface area contributed by atoms with Gasteiger partial charge in [-0.25, -0.2) is 16.5 Å². The molecule has 2 aromatic rings. The van der Waals surface area contributed by atoms with Crippen LogP contribution >= 0.6 is 23.2 Å². The number of halogens is 2. The summed E-state index contributed by atoms with van der Waals surface area (Å²) in [5, 5.41) is 0.432. The van der Waals surface area contributed by atoms with Gasteiger partial charge >= 0.3 is 0 Å². The first-order chi connectivity index (χ1) is 10.5. The second-order valence-corrected chi connectivity index (χ2v) is 4.70. The zero-order chi connectivity index (χ0) is 16.5. The number of nitrogens with zero attached hydrogens (tertiary/aromatic N) is 3. The van der Waals surface area contributed by atoms with Gasteiger partial charge in [-0.3, -0.25) is 9.59 Å². The fourth-order valence-corrected chi connectivity index (χ4v) is 1.88. The average Bonchev–Trinajstić information content (AvgIpc) is 2.48. The maximum Gasteiger partial charge on any atom is 0.276 e. The van der Waals surface area contributed by atoms with E-state index in [-0.39, 0.29) is 28.4 Å². The first kappa shape index (κ1) is 17.8. The lowest BCUT2D eigenvalue weighted by molar-refractivity contribution is 0.100. The fourth-order valence-electron chi connectivity index (χ4n) is 1.40. The molecule has 0 aliphatic rings. The molecule has 0 radical (unpaired) electrons. The Balaban J connectivity index is 0.000000224. The van der Waals surface area contributed by atoms with Gasteiger partial charge in [0, 0.05) is 12.4 Å². The summed E-state index contributed by atoms with van der Waals surface area (Å²) in [5.41, 5.74) is 0.791. The van der Waals surface area contributed by atoms with Crippen LogP contribution < -0.4 is 0 Å². The Hall–Kier alpha value is -2.29. The average molecular weight is 336 g/mol. The Morgan fingerprint density at radius 2 is 1.59 bits per heavy atom. The van der Waals surface area contributed by atoms with Gasteiger partial charge in [-0.1, -0.05) is 23.2 Å². The minimum absolute atomic E-state index is 0.0573. The molecule has 0 N–H and O–H groups in total. The number of hydrogen-bond donors (Lipinski definition) is 0. The zero-order valence-corrected chi connectivity index (χ0v) is 13.1. The van der Waals surface area contributed by atoms with Crippen molar-refractivity contribution in [3.63, 3.8) is 0 Å². The summed E-state index contributed by atoms with van der Waals surface area (Å²) in [4.78, 5) is 32.3. The third-order valence-corrected chi connectivity index (χ3v) is 3.02. The van der Waals surface area contributed by atoms with Crippen LogP contribution in [0.2, 0.25) is 10.3 Å². The number of Topliss-reactive ketones (excluding diaryl/α,β-unsaturated/α-hetero) is 2. The maximum atomic E-state index is 11.1. The van der Waals surface area contributed by atoms with E-state index in [1.54, 1.807) is 30.5 Å². The van der Waals surface area contributed by atoms with Gasteiger partial charge in [0.25, 0.3) is 6.54 Å². The molecule has 0 bridgehead atoms. The summed E-state index contributed by atoms with van der Waals surface area (Å²) < 4.78 is 0. The normalized spacial score (nSPS) is 9.18. The lowest BCUT2D eigenvalue weighted by Gasteiger charge is -1.95. The van der Waals surface area contributed by atoms with Crippen LogP contribution in [-0.2, 0) is 0 Å². The quantitative estimate of drug-likeness (QED) is 0.486. The topological polar surface area (TPSA) is 64.3 Å². The minimum atomic E-state index is -0.289. The molecule has 0 unspecified atom stereocenters. The highest BCUT2D eigenvalue weighted by Gasteiger charge is 2.12. The fraction of sp³-hybridized carbons (Fsp3) is 0.133. The molecule has 0 saturated heterocycles. The third-order valence-electron chi connectivity index (χ3n) is 2.42. The molecule has 0 saturated carbocycles. The van der Waals surface area contributed by atoms with Crippen LogP contribution in [0.1, 0.15) is 27.6 Å². The van der Waals surface area contributed by atoms with Gasteiger partial charge in [0.2, 0.25) is 5.78 Å². The minimum Gasteiger partial charge on any atom is -0.308 e. The molecule has 0 atom stereocenters. The van der Waals surface area contributed by atoms with E-state index in [1.807, 2.05) is 0 Å². The van der Waals surface area contributed by atoms with E-state index in [0.29, 0.717) is 11.1 Å². The Morgan fingerprint density at radius 3 is 1.95 bits per heavy atom. The molecule has 5 nitrogen and oxygen atoms in total. The Bertz CT molecular complexity index is 727. The van der Waals surface area contributed by atoms with Crippen LogP contribution in [-0.4, -0.2) is 28.1 Å². The Labute approximate surface area is 137 Å². The number of hydrogen-bond acceptors (Lipinski definition) is 4. The summed E-state index contributed by atoms with van der Waals surface area (Å²) in [6.45, 7) is 7.78. The van der Waals surface area contributed by atoms with E-state index in [2.05, 4.69) is 14.8 Å². The summed E-state index contributed by atoms with van der Waals surface area (Å²) in [5.74, 6) is -0.346. The van der Waals surface area contributed by atoms with Crippen molar-refractivity contribution in [2.24, 2.45) is 0 Å². The van der Waals surface area contributed by atoms with E-state index in [1.165, 1.54) is 13.1 Å². The Kier molecular flexibility index (Phi) is 7.17. The molecule has 0 spiro atoms. The molecule has 0 aliphatic heterocycles. The van der Waals surface area contributed by atoms with Gasteiger partial charge in [-0.15, -0.1) is 0 Å². The largest absolute Gasteiger partial charge is 0.308 e. The Morgan fingerprint density at radius 1 is 1.09 bits per heavy atom. The number of pyridine rings is 2. The number of ketones is 2. The van der Waals surface area contributed by atoms with Crippen molar-refractivity contribution in [3.8, 4) is 0 Å². The van der Waals surface area contributed by atoms with Crippen LogP contribution in [0.4, 0.5) is 0 Å². The van der Waals surface area contributed by atoms with Crippen LogP contribution in [0, 0.1) is 6.57 Å². The van der Waals surface area contributed by atoms with Gasteiger partial charge in [-0.2, -0.15) is 0 Å². The molecule has 22 heavy (non-hydrogen) atoms. The van der Waals surface area contributed by atoms with Crippen LogP contribution in [0.25, 0.3) is 4.85 Å². The van der Waals surface area contributed by atoms with Gasteiger partial charge in [0.15, 0.2) is 5.78 Å². The second-order valence-electron chi connectivity index (χ2n) is 3.98. The predicted octanol–water partition coefficient (Wildman–Crippen LogP) is 3.77. The van der Waals surface area contributed by atoms with Crippen molar-refractivity contribution in [1.82, 2.24) is 9.97 Å². The van der Waals surface area contributed by atoms with Crippen molar-refractivity contribution in [2.75, 3.05) is 6.54 Å². The number of aromatic nitrogens is 2. The maximum absolute atomic E-state index is 11.1. The van der Waals surface area contributed by atoms with Crippen molar-refractivity contribution < 1.29 is 9.59 Å². The highest BCUT2D eigenvalue weighted by molar-refractivity contribution is 6.33. The molecule has 112 valence electrons. The number of carbonyl (C=O) groups excluding carboxylic acids is 2. The molecular weight excluding hydrogens is 325 g/mol. The molecule has 0 amide bonds. The summed E-state index contributed by atoms with van der Waals surface area (Å²) >= 11 is 11.2. The van der Waals surface area contributed by atoms with Crippen molar-refractivity contribution in [2.45, 2.75) is 6.92 Å². The molecule has 0 aliphatic carbocycles. The second kappa shape index (κ2) is 8.88. The molecule has 2 heterocycles. The van der Waals surface area contributed by atoms with Gasteiger partial charge < -0.3 is 4.85 Å². The smallest absolute Gasteiger partial charge is 0.276 e. The molecule has 2 aromatic heterocycles. The summed E-state index contributed by atoms with van der Waals surface area (Å²) in [6.07, 6.45) is 3.05.